The molecule has 6 heteroatoms. The number of hydrazine groups is 1. The van der Waals surface area contributed by atoms with Crippen LogP contribution in [0.5, 0.6) is 0 Å². The van der Waals surface area contributed by atoms with Crippen LogP contribution in [0.15, 0.2) is 0 Å². The number of amides is 1. The van der Waals surface area contributed by atoms with Crippen molar-refractivity contribution in [3.8, 4) is 0 Å². The Labute approximate surface area is 139 Å². The van der Waals surface area contributed by atoms with Crippen LogP contribution < -0.4 is 10.7 Å². The van der Waals surface area contributed by atoms with Crippen LogP contribution in [0.3, 0.4) is 0 Å². The first-order valence-electron chi connectivity index (χ1n) is 8.93. The number of nitrogens with one attached hydrogen (secondary N) is 2. The average molecular weight is 327 g/mol. The summed E-state index contributed by atoms with van der Waals surface area (Å²) in [6.07, 6.45) is 5.46. The third-order valence-corrected chi connectivity index (χ3v) is 4.82. The Morgan fingerprint density at radius 1 is 1.30 bits per heavy atom. The minimum Gasteiger partial charge on any atom is -0.443 e. The molecule has 0 aliphatic carbocycles. The molecule has 1 amide bonds. The van der Waals surface area contributed by atoms with Crippen LogP contribution in [0.2, 0.25) is 0 Å². The molecule has 6 nitrogen and oxygen atoms in total. The number of ether oxygens (including phenoxy) is 1. The number of piperidine rings is 2. The third-order valence-electron chi connectivity index (χ3n) is 4.82. The molecule has 2 fully saturated rings. The molecule has 0 aromatic heterocycles. The molecule has 2 saturated heterocycles. The van der Waals surface area contributed by atoms with Gasteiger partial charge in [-0.25, -0.2) is 9.80 Å². The normalized spacial score (nSPS) is 23.5. The van der Waals surface area contributed by atoms with Gasteiger partial charge < -0.3 is 15.2 Å². The lowest BCUT2D eigenvalue weighted by atomic mass is 9.83. The van der Waals surface area contributed by atoms with E-state index in [-0.39, 0.29) is 6.09 Å². The number of hydrogen-bond donors (Lipinski definition) is 3. The van der Waals surface area contributed by atoms with Gasteiger partial charge in [-0.05, 0) is 78.3 Å². The molecule has 2 aliphatic rings. The smallest absolute Gasteiger partial charge is 0.422 e. The van der Waals surface area contributed by atoms with Gasteiger partial charge in [0.2, 0.25) is 0 Å². The minimum atomic E-state index is -0.466. The molecule has 3 N–H and O–H groups in total. The molecule has 0 aromatic rings. The highest BCUT2D eigenvalue weighted by Crippen LogP contribution is 2.29. The zero-order valence-corrected chi connectivity index (χ0v) is 14.9. The number of nitrogens with zero attached hydrogens (tertiary/aromatic N) is 1. The van der Waals surface area contributed by atoms with Gasteiger partial charge in [-0.1, -0.05) is 0 Å². The van der Waals surface area contributed by atoms with Gasteiger partial charge in [0, 0.05) is 13.1 Å². The van der Waals surface area contributed by atoms with E-state index in [2.05, 4.69) is 10.7 Å². The summed E-state index contributed by atoms with van der Waals surface area (Å²) < 4.78 is 5.28. The van der Waals surface area contributed by atoms with Crippen molar-refractivity contribution >= 4 is 6.09 Å². The number of hydrogen-bond acceptors (Lipinski definition) is 5. The van der Waals surface area contributed by atoms with Gasteiger partial charge in [0.1, 0.15) is 5.60 Å². The summed E-state index contributed by atoms with van der Waals surface area (Å²) in [4.78, 5) is 11.8. The van der Waals surface area contributed by atoms with Crippen molar-refractivity contribution in [3.63, 3.8) is 0 Å². The molecule has 0 radical (unpaired) electrons. The molecule has 0 atom stereocenters. The maximum Gasteiger partial charge on any atom is 0.422 e. The lowest BCUT2D eigenvalue weighted by molar-refractivity contribution is -0.00712. The molecule has 0 aromatic carbocycles. The Hall–Kier alpha value is -0.850. The van der Waals surface area contributed by atoms with Gasteiger partial charge in [-0.3, -0.25) is 5.43 Å². The first-order valence-corrected chi connectivity index (χ1v) is 8.93. The van der Waals surface area contributed by atoms with Gasteiger partial charge in [-0.2, -0.15) is 0 Å². The maximum atomic E-state index is 11.8. The first-order chi connectivity index (χ1) is 10.8. The quantitative estimate of drug-likeness (QED) is 0.737. The highest BCUT2D eigenvalue weighted by atomic mass is 16.6. The Bertz CT molecular complexity index is 381. The van der Waals surface area contributed by atoms with Crippen molar-refractivity contribution in [2.75, 3.05) is 26.2 Å². The predicted molar refractivity (Wildman–Crippen MR) is 90.0 cm³/mol. The molecule has 0 spiro atoms. The fourth-order valence-corrected chi connectivity index (χ4v) is 3.38. The minimum absolute atomic E-state index is 0.375. The first kappa shape index (κ1) is 18.5. The van der Waals surface area contributed by atoms with Crippen LogP contribution in [0, 0.1) is 5.92 Å². The zero-order valence-electron chi connectivity index (χ0n) is 14.9. The van der Waals surface area contributed by atoms with Gasteiger partial charge in [0.05, 0.1) is 5.60 Å². The molecule has 134 valence electrons. The van der Waals surface area contributed by atoms with Crippen LogP contribution in [-0.2, 0) is 4.74 Å². The van der Waals surface area contributed by atoms with E-state index in [1.54, 1.807) is 0 Å². The Morgan fingerprint density at radius 3 is 2.48 bits per heavy atom. The van der Waals surface area contributed by atoms with Crippen LogP contribution in [0.4, 0.5) is 4.79 Å². The molecule has 23 heavy (non-hydrogen) atoms. The van der Waals surface area contributed by atoms with Crippen molar-refractivity contribution in [1.29, 1.82) is 0 Å². The van der Waals surface area contributed by atoms with E-state index in [1.165, 1.54) is 0 Å². The van der Waals surface area contributed by atoms with Crippen molar-refractivity contribution in [3.05, 3.63) is 0 Å². The van der Waals surface area contributed by atoms with E-state index in [1.807, 2.05) is 25.8 Å². The van der Waals surface area contributed by atoms with Crippen molar-refractivity contribution in [1.82, 2.24) is 15.8 Å². The lowest BCUT2D eigenvalue weighted by Gasteiger charge is -2.36. The van der Waals surface area contributed by atoms with Crippen LogP contribution in [0.25, 0.3) is 0 Å². The second-order valence-corrected chi connectivity index (χ2v) is 8.06. The highest BCUT2D eigenvalue weighted by molar-refractivity contribution is 5.67. The van der Waals surface area contributed by atoms with Crippen LogP contribution in [-0.4, -0.2) is 53.6 Å². The van der Waals surface area contributed by atoms with Crippen LogP contribution >= 0.6 is 0 Å². The molecule has 2 rings (SSSR count). The van der Waals surface area contributed by atoms with Crippen molar-refractivity contribution in [2.24, 2.45) is 5.92 Å². The fraction of sp³-hybridized carbons (Fsp3) is 0.941. The van der Waals surface area contributed by atoms with Crippen LogP contribution in [0.1, 0.15) is 59.3 Å². The largest absolute Gasteiger partial charge is 0.443 e. The lowest BCUT2D eigenvalue weighted by Crippen LogP contribution is -2.48. The summed E-state index contributed by atoms with van der Waals surface area (Å²) >= 11 is 0. The van der Waals surface area contributed by atoms with E-state index < -0.39 is 11.2 Å². The van der Waals surface area contributed by atoms with Gasteiger partial charge in [0.25, 0.3) is 0 Å². The predicted octanol–water partition coefficient (Wildman–Crippen LogP) is 2.03. The summed E-state index contributed by atoms with van der Waals surface area (Å²) in [5.74, 6) is 0.644. The number of carbonyl (C=O) groups excluding carboxylic acids is 1. The average Bonchev–Trinajstić information content (AvgIpc) is 2.45. The number of rotatable bonds is 4. The second-order valence-electron chi connectivity index (χ2n) is 8.06. The maximum absolute atomic E-state index is 11.8. The Kier molecular flexibility index (Phi) is 6.28. The van der Waals surface area contributed by atoms with Crippen molar-refractivity contribution < 1.29 is 14.6 Å². The molecule has 2 aliphatic heterocycles. The summed E-state index contributed by atoms with van der Waals surface area (Å²) in [5, 5.41) is 15.8. The molecule has 2 heterocycles. The summed E-state index contributed by atoms with van der Waals surface area (Å²) in [6, 6.07) is 0. The van der Waals surface area contributed by atoms with Gasteiger partial charge in [-0.15, -0.1) is 0 Å². The number of carbonyl (C=O) groups is 1. The highest BCUT2D eigenvalue weighted by Gasteiger charge is 2.30. The number of aliphatic hydroxyl groups is 1. The third kappa shape index (κ3) is 6.65. The van der Waals surface area contributed by atoms with E-state index in [9.17, 15) is 9.90 Å². The molecule has 0 saturated carbocycles. The SMILES string of the molecule is CC(C)(C)OC(=O)NN1CCC(CCC2(O)CCNCC2)CC1. The Balaban J connectivity index is 1.65. The van der Waals surface area contributed by atoms with E-state index in [0.717, 1.165) is 64.7 Å². The standard InChI is InChI=1S/C17H33N3O3/c1-16(2,3)23-15(21)19-20-12-5-14(6-13-20)4-7-17(22)8-10-18-11-9-17/h14,18,22H,4-13H2,1-3H3,(H,19,21). The van der Waals surface area contributed by atoms with E-state index >= 15 is 0 Å². The molecule has 0 unspecified atom stereocenters. The molecular formula is C17H33N3O3. The zero-order chi connectivity index (χ0) is 16.9. The topological polar surface area (TPSA) is 73.8 Å². The van der Waals surface area contributed by atoms with Gasteiger partial charge >= 0.3 is 6.09 Å². The monoisotopic (exact) mass is 327 g/mol. The fourth-order valence-electron chi connectivity index (χ4n) is 3.38. The second kappa shape index (κ2) is 7.81. The molecule has 0 bridgehead atoms. The summed E-state index contributed by atoms with van der Waals surface area (Å²) in [6.45, 7) is 9.15. The molecular weight excluding hydrogens is 294 g/mol. The summed E-state index contributed by atoms with van der Waals surface area (Å²) in [7, 11) is 0. The Morgan fingerprint density at radius 2 is 1.91 bits per heavy atom. The van der Waals surface area contributed by atoms with E-state index in [4.69, 9.17) is 4.74 Å². The van der Waals surface area contributed by atoms with E-state index in [0.29, 0.717) is 5.92 Å². The van der Waals surface area contributed by atoms with Gasteiger partial charge in [0.15, 0.2) is 0 Å². The van der Waals surface area contributed by atoms with Crippen molar-refractivity contribution in [2.45, 2.75) is 70.5 Å². The summed E-state index contributed by atoms with van der Waals surface area (Å²) in [5.41, 5.74) is 1.90.